The highest BCUT2D eigenvalue weighted by Gasteiger charge is 2.54. The minimum atomic E-state index is -0.921. The molecule has 0 aromatic carbocycles. The zero-order valence-corrected chi connectivity index (χ0v) is 22.1. The number of methoxy groups -OCH3 is 1. The number of aromatic nitrogens is 3. The Kier molecular flexibility index (Phi) is 8.63. The van der Waals surface area contributed by atoms with E-state index < -0.39 is 35.6 Å². The molecule has 6 N–H and O–H groups in total. The van der Waals surface area contributed by atoms with E-state index in [4.69, 9.17) is 16.2 Å². The molecule has 13 nitrogen and oxygen atoms in total. The molecule has 2 aliphatic heterocycles. The highest BCUT2D eigenvalue weighted by molar-refractivity contribution is 8.03. The molecular formula is C21H24N8O5S3. The Labute approximate surface area is 224 Å². The topological polar surface area (TPSA) is 199 Å². The molecule has 37 heavy (non-hydrogen) atoms. The fraction of sp³-hybridized carbons (Fsp3) is 0.381. The Morgan fingerprint density at radius 3 is 2.92 bits per heavy atom. The molecule has 2 amide bonds. The second kappa shape index (κ2) is 11.9. The molecule has 2 atom stereocenters. The largest absolute Gasteiger partial charge is 0.464 e. The lowest BCUT2D eigenvalue weighted by atomic mass is 9.86. The molecule has 1 fully saturated rings. The molecule has 4 rings (SSSR count). The number of β-lactam (4-membered cyclic amide) rings is 1. The molecule has 2 aliphatic rings. The number of pyridine rings is 1. The number of amides is 2. The number of nitrogens with two attached hydrogens (primary N) is 2. The third-order valence-electron chi connectivity index (χ3n) is 5.64. The van der Waals surface area contributed by atoms with Crippen LogP contribution in [0.15, 0.2) is 39.1 Å². The van der Waals surface area contributed by atoms with Gasteiger partial charge in [0.05, 0.1) is 13.2 Å². The second-order valence-electron chi connectivity index (χ2n) is 7.86. The third kappa shape index (κ3) is 5.56. The van der Waals surface area contributed by atoms with Gasteiger partial charge in [0.1, 0.15) is 11.7 Å². The van der Waals surface area contributed by atoms with E-state index in [0.29, 0.717) is 30.0 Å². The number of thioether (sulfide) groups is 2. The quantitative estimate of drug-likeness (QED) is 0.0781. The average molecular weight is 565 g/mol. The smallest absolute Gasteiger partial charge is 0.355 e. The van der Waals surface area contributed by atoms with Crippen LogP contribution in [0.4, 0.5) is 5.13 Å². The molecule has 2 aromatic heterocycles. The Bertz CT molecular complexity index is 1270. The predicted octanol–water partition coefficient (Wildman–Crippen LogP) is 0.552. The molecule has 2 aromatic rings. The van der Waals surface area contributed by atoms with Crippen LogP contribution in [0.1, 0.15) is 24.2 Å². The van der Waals surface area contributed by atoms with Crippen LogP contribution >= 0.6 is 35.1 Å². The second-order valence-corrected chi connectivity index (χ2v) is 10.9. The Balaban J connectivity index is 1.54. The number of hydrogen-bond acceptors (Lipinski definition) is 14. The van der Waals surface area contributed by atoms with Crippen LogP contribution in [-0.4, -0.2) is 79.4 Å². The van der Waals surface area contributed by atoms with E-state index in [0.717, 1.165) is 27.7 Å². The standard InChI is InChI=1S/C21H24N8O5S3/c1-34-20(32)16-13(36-12-4-6-24-8-10(12)9-35-7-5-22)3-2-11-14(19(31)29(11)16)25-18(30)15(27-33)17-26-21(23)37-28-17/h4,6,8,11,14,33H,2-3,5,7,9,22H2,1H3,(H,25,30)(H2,23,26,28). The van der Waals surface area contributed by atoms with E-state index in [-0.39, 0.29) is 16.7 Å². The summed E-state index contributed by atoms with van der Waals surface area (Å²) < 4.78 is 8.86. The Morgan fingerprint density at radius 1 is 1.43 bits per heavy atom. The lowest BCUT2D eigenvalue weighted by Gasteiger charge is -2.50. The summed E-state index contributed by atoms with van der Waals surface area (Å²) in [6.07, 6.45) is 4.43. The number of esters is 1. The first-order valence-electron chi connectivity index (χ1n) is 11.0. The highest BCUT2D eigenvalue weighted by Crippen LogP contribution is 2.44. The summed E-state index contributed by atoms with van der Waals surface area (Å²) in [5, 5.41) is 14.9. The first-order chi connectivity index (χ1) is 17.9. The van der Waals surface area contributed by atoms with Crippen LogP contribution in [0.25, 0.3) is 0 Å². The fourth-order valence-electron chi connectivity index (χ4n) is 3.97. The number of anilines is 1. The predicted molar refractivity (Wildman–Crippen MR) is 139 cm³/mol. The van der Waals surface area contributed by atoms with Crippen LogP contribution in [0.3, 0.4) is 0 Å². The van der Waals surface area contributed by atoms with Gasteiger partial charge in [-0.05, 0) is 24.5 Å². The first kappa shape index (κ1) is 26.8. The molecule has 16 heteroatoms. The van der Waals surface area contributed by atoms with Gasteiger partial charge in [0.2, 0.25) is 11.5 Å². The molecule has 0 aliphatic carbocycles. The lowest BCUT2D eigenvalue weighted by molar-refractivity contribution is -0.156. The lowest BCUT2D eigenvalue weighted by Crippen LogP contribution is -2.72. The van der Waals surface area contributed by atoms with Gasteiger partial charge in [-0.15, -0.1) is 0 Å². The van der Waals surface area contributed by atoms with Crippen LogP contribution in [0, 0.1) is 0 Å². The van der Waals surface area contributed by atoms with Gasteiger partial charge in [0.15, 0.2) is 5.13 Å². The van der Waals surface area contributed by atoms with E-state index in [9.17, 15) is 19.6 Å². The van der Waals surface area contributed by atoms with Crippen molar-refractivity contribution in [3.8, 4) is 0 Å². The van der Waals surface area contributed by atoms with E-state index in [1.54, 1.807) is 24.2 Å². The van der Waals surface area contributed by atoms with Crippen molar-refractivity contribution in [1.29, 1.82) is 0 Å². The number of nitrogens with zero attached hydrogens (tertiary/aromatic N) is 5. The third-order valence-corrected chi connectivity index (χ3v) is 8.48. The molecule has 4 heterocycles. The Hall–Kier alpha value is -3.21. The summed E-state index contributed by atoms with van der Waals surface area (Å²) in [7, 11) is 1.25. The molecule has 0 bridgehead atoms. The number of nitrogen functional groups attached to an aromatic ring is 1. The summed E-state index contributed by atoms with van der Waals surface area (Å²) in [4.78, 5) is 49.7. The van der Waals surface area contributed by atoms with Crippen molar-refractivity contribution in [2.45, 2.75) is 35.6 Å². The zero-order valence-electron chi connectivity index (χ0n) is 19.6. The maximum Gasteiger partial charge on any atom is 0.355 e. The molecule has 0 saturated carbocycles. The van der Waals surface area contributed by atoms with Crippen LogP contribution in [0.5, 0.6) is 0 Å². The molecule has 196 valence electrons. The van der Waals surface area contributed by atoms with Crippen molar-refractivity contribution in [3.05, 3.63) is 40.5 Å². The molecule has 1 saturated heterocycles. The zero-order chi connectivity index (χ0) is 26.5. The summed E-state index contributed by atoms with van der Waals surface area (Å²) in [5.74, 6) is -0.589. The highest BCUT2D eigenvalue weighted by atomic mass is 32.2. The molecular weight excluding hydrogens is 540 g/mol. The first-order valence-corrected chi connectivity index (χ1v) is 13.8. The molecule has 0 radical (unpaired) electrons. The Morgan fingerprint density at radius 2 is 2.24 bits per heavy atom. The number of hydrogen-bond donors (Lipinski definition) is 4. The summed E-state index contributed by atoms with van der Waals surface area (Å²) >= 11 is 3.92. The average Bonchev–Trinajstić information content (AvgIpc) is 3.33. The molecule has 2 unspecified atom stereocenters. The summed E-state index contributed by atoms with van der Waals surface area (Å²) in [6, 6.07) is 0.475. The van der Waals surface area contributed by atoms with Gasteiger partial charge in [-0.25, -0.2) is 4.79 Å². The monoisotopic (exact) mass is 564 g/mol. The van der Waals surface area contributed by atoms with Crippen LogP contribution in [-0.2, 0) is 24.9 Å². The minimum absolute atomic E-state index is 0.0929. The number of fused-ring (bicyclic) bond motifs is 1. The minimum Gasteiger partial charge on any atom is -0.464 e. The SMILES string of the molecule is COC(=O)C1=C(Sc2ccncc2CSCCN)CCC2C(NC(=O)C(=NO)c3nsc(N)n3)C(=O)N12. The van der Waals surface area contributed by atoms with Crippen molar-refractivity contribution in [2.75, 3.05) is 25.1 Å². The van der Waals surface area contributed by atoms with Crippen molar-refractivity contribution in [1.82, 2.24) is 24.6 Å². The maximum atomic E-state index is 13.1. The summed E-state index contributed by atoms with van der Waals surface area (Å²) in [5.41, 5.74) is 11.8. The van der Waals surface area contributed by atoms with Crippen LogP contribution < -0.4 is 16.8 Å². The number of nitrogens with one attached hydrogen (secondary N) is 1. The van der Waals surface area contributed by atoms with E-state index in [1.165, 1.54) is 23.8 Å². The van der Waals surface area contributed by atoms with Gasteiger partial charge in [0.25, 0.3) is 11.8 Å². The number of carbonyl (C=O) groups excluding carboxylic acids is 3. The van der Waals surface area contributed by atoms with Crippen molar-refractivity contribution in [2.24, 2.45) is 10.9 Å². The number of rotatable bonds is 10. The number of carbonyl (C=O) groups is 3. The van der Waals surface area contributed by atoms with Gasteiger partial charge < -0.3 is 26.7 Å². The number of ether oxygens (including phenoxy) is 1. The van der Waals surface area contributed by atoms with Crippen LogP contribution in [0.2, 0.25) is 0 Å². The van der Waals surface area contributed by atoms with Gasteiger partial charge in [0, 0.05) is 51.8 Å². The summed E-state index contributed by atoms with van der Waals surface area (Å²) in [6.45, 7) is 0.571. The number of allylic oxidation sites excluding steroid dienone is 1. The van der Waals surface area contributed by atoms with Gasteiger partial charge in [-0.2, -0.15) is 21.1 Å². The van der Waals surface area contributed by atoms with Gasteiger partial charge in [-0.3, -0.25) is 19.5 Å². The van der Waals surface area contributed by atoms with Crippen molar-refractivity contribution < 1.29 is 24.3 Å². The number of oxime groups is 1. The fourth-order valence-corrected chi connectivity index (χ4v) is 6.40. The van der Waals surface area contributed by atoms with E-state index >= 15 is 0 Å². The van der Waals surface area contributed by atoms with E-state index in [2.05, 4.69) is 24.8 Å². The molecule has 0 spiro atoms. The van der Waals surface area contributed by atoms with Gasteiger partial charge in [-0.1, -0.05) is 16.9 Å². The normalized spacial score (nSPS) is 19.4. The van der Waals surface area contributed by atoms with E-state index in [1.807, 2.05) is 6.07 Å². The van der Waals surface area contributed by atoms with Crippen molar-refractivity contribution >= 4 is 63.7 Å². The van der Waals surface area contributed by atoms with Crippen molar-refractivity contribution in [3.63, 3.8) is 0 Å². The maximum absolute atomic E-state index is 13.1. The van der Waals surface area contributed by atoms with Gasteiger partial charge >= 0.3 is 5.97 Å².